The third-order valence-corrected chi connectivity index (χ3v) is 3.15. The molecular weight excluding hydrogens is 244 g/mol. The predicted octanol–water partition coefficient (Wildman–Crippen LogP) is 1.68. The highest BCUT2D eigenvalue weighted by atomic mass is 32.2. The lowest BCUT2D eigenvalue weighted by Crippen LogP contribution is -2.00. The molecule has 1 aromatic carbocycles. The maximum absolute atomic E-state index is 11.2. The standard InChI is InChI=1S/C11H10O5S/c1-17(14,15)6-8-5-16-10-3-2-7(11(12)13)4-9(8)10/h2-5H,6H2,1H3,(H,12,13). The van der Waals surface area contributed by atoms with Crippen molar-refractivity contribution in [2.75, 3.05) is 6.26 Å². The largest absolute Gasteiger partial charge is 0.478 e. The molecule has 1 heterocycles. The Bertz CT molecular complexity index is 681. The summed E-state index contributed by atoms with van der Waals surface area (Å²) in [7, 11) is -3.18. The molecule has 17 heavy (non-hydrogen) atoms. The molecule has 1 N–H and O–H groups in total. The highest BCUT2D eigenvalue weighted by Crippen LogP contribution is 2.24. The zero-order chi connectivity index (χ0) is 12.6. The SMILES string of the molecule is CS(=O)(=O)Cc1coc2ccc(C(=O)O)cc12. The lowest BCUT2D eigenvalue weighted by atomic mass is 10.1. The van der Waals surface area contributed by atoms with E-state index in [1.807, 2.05) is 0 Å². The summed E-state index contributed by atoms with van der Waals surface area (Å²) >= 11 is 0. The fourth-order valence-corrected chi connectivity index (χ4v) is 2.40. The lowest BCUT2D eigenvalue weighted by Gasteiger charge is -1.97. The van der Waals surface area contributed by atoms with Crippen LogP contribution >= 0.6 is 0 Å². The summed E-state index contributed by atoms with van der Waals surface area (Å²) in [6.07, 6.45) is 2.46. The first-order chi connectivity index (χ1) is 7.87. The topological polar surface area (TPSA) is 84.6 Å². The quantitative estimate of drug-likeness (QED) is 0.900. The van der Waals surface area contributed by atoms with Crippen LogP contribution in [0.1, 0.15) is 15.9 Å². The molecular formula is C11H10O5S. The molecule has 0 aliphatic carbocycles. The monoisotopic (exact) mass is 254 g/mol. The van der Waals surface area contributed by atoms with E-state index >= 15 is 0 Å². The van der Waals surface area contributed by atoms with Crippen LogP contribution < -0.4 is 0 Å². The van der Waals surface area contributed by atoms with Gasteiger partial charge >= 0.3 is 5.97 Å². The van der Waals surface area contributed by atoms with Gasteiger partial charge in [-0.15, -0.1) is 0 Å². The zero-order valence-corrected chi connectivity index (χ0v) is 9.82. The molecule has 0 radical (unpaired) electrons. The number of rotatable bonds is 3. The second-order valence-corrected chi connectivity index (χ2v) is 5.99. The van der Waals surface area contributed by atoms with Crippen molar-refractivity contribution in [3.63, 3.8) is 0 Å². The van der Waals surface area contributed by atoms with Crippen molar-refractivity contribution >= 4 is 26.8 Å². The maximum atomic E-state index is 11.2. The van der Waals surface area contributed by atoms with Crippen molar-refractivity contribution in [2.45, 2.75) is 5.75 Å². The molecule has 0 amide bonds. The zero-order valence-electron chi connectivity index (χ0n) is 9.00. The van der Waals surface area contributed by atoms with Crippen molar-refractivity contribution in [2.24, 2.45) is 0 Å². The Labute approximate surface area is 97.6 Å². The molecule has 90 valence electrons. The number of hydrogen-bond acceptors (Lipinski definition) is 4. The van der Waals surface area contributed by atoms with E-state index < -0.39 is 15.8 Å². The van der Waals surface area contributed by atoms with E-state index in [1.54, 1.807) is 0 Å². The van der Waals surface area contributed by atoms with Gasteiger partial charge in [-0.2, -0.15) is 0 Å². The van der Waals surface area contributed by atoms with E-state index in [1.165, 1.54) is 24.5 Å². The molecule has 0 spiro atoms. The van der Waals surface area contributed by atoms with E-state index in [2.05, 4.69) is 0 Å². The van der Waals surface area contributed by atoms with Gasteiger partial charge < -0.3 is 9.52 Å². The number of fused-ring (bicyclic) bond motifs is 1. The summed E-state index contributed by atoms with van der Waals surface area (Å²) in [6.45, 7) is 0. The molecule has 0 saturated heterocycles. The summed E-state index contributed by atoms with van der Waals surface area (Å²) in [6, 6.07) is 4.35. The first kappa shape index (κ1) is 11.7. The molecule has 5 nitrogen and oxygen atoms in total. The second-order valence-electron chi connectivity index (χ2n) is 3.85. The van der Waals surface area contributed by atoms with Crippen molar-refractivity contribution < 1.29 is 22.7 Å². The average Bonchev–Trinajstić information content (AvgIpc) is 2.58. The van der Waals surface area contributed by atoms with E-state index in [4.69, 9.17) is 9.52 Å². The van der Waals surface area contributed by atoms with Gasteiger partial charge in [0.05, 0.1) is 17.6 Å². The minimum Gasteiger partial charge on any atom is -0.478 e. The van der Waals surface area contributed by atoms with Gasteiger partial charge in [0.15, 0.2) is 9.84 Å². The number of aromatic carboxylic acids is 1. The van der Waals surface area contributed by atoms with Gasteiger partial charge in [0.25, 0.3) is 0 Å². The number of carbonyl (C=O) groups is 1. The minimum atomic E-state index is -3.18. The molecule has 0 saturated carbocycles. The molecule has 0 unspecified atom stereocenters. The van der Waals surface area contributed by atoms with Crippen LogP contribution in [-0.4, -0.2) is 25.7 Å². The Morgan fingerprint density at radius 3 is 2.71 bits per heavy atom. The van der Waals surface area contributed by atoms with E-state index in [0.29, 0.717) is 16.5 Å². The van der Waals surface area contributed by atoms with Gasteiger partial charge in [0, 0.05) is 17.2 Å². The molecule has 0 fully saturated rings. The molecule has 2 aromatic rings. The van der Waals surface area contributed by atoms with Crippen LogP contribution in [0.25, 0.3) is 11.0 Å². The third-order valence-electron chi connectivity index (χ3n) is 2.32. The van der Waals surface area contributed by atoms with Gasteiger partial charge in [0.1, 0.15) is 5.58 Å². The number of carboxylic acids is 1. The number of carboxylic acid groups (broad SMARTS) is 1. The highest BCUT2D eigenvalue weighted by Gasteiger charge is 2.13. The van der Waals surface area contributed by atoms with Gasteiger partial charge in [-0.05, 0) is 18.2 Å². The fourth-order valence-electron chi connectivity index (χ4n) is 1.61. The van der Waals surface area contributed by atoms with Crippen molar-refractivity contribution in [3.05, 3.63) is 35.6 Å². The van der Waals surface area contributed by atoms with Crippen LogP contribution in [0.3, 0.4) is 0 Å². The van der Waals surface area contributed by atoms with Crippen molar-refractivity contribution in [1.29, 1.82) is 0 Å². The molecule has 0 bridgehead atoms. The summed E-state index contributed by atoms with van der Waals surface area (Å²) in [4.78, 5) is 10.8. The smallest absolute Gasteiger partial charge is 0.335 e. The molecule has 0 aliphatic heterocycles. The van der Waals surface area contributed by atoms with Gasteiger partial charge in [-0.1, -0.05) is 0 Å². The Morgan fingerprint density at radius 2 is 2.12 bits per heavy atom. The summed E-state index contributed by atoms with van der Waals surface area (Å²) in [5.74, 6) is -1.22. The van der Waals surface area contributed by atoms with Gasteiger partial charge in [-0.3, -0.25) is 0 Å². The molecule has 1 aromatic heterocycles. The van der Waals surface area contributed by atoms with Crippen molar-refractivity contribution in [1.82, 2.24) is 0 Å². The first-order valence-electron chi connectivity index (χ1n) is 4.78. The van der Waals surface area contributed by atoms with E-state index in [-0.39, 0.29) is 11.3 Å². The third kappa shape index (κ3) is 2.47. The Hall–Kier alpha value is -1.82. The summed E-state index contributed by atoms with van der Waals surface area (Å²) in [5.41, 5.74) is 1.06. The number of sulfone groups is 1. The average molecular weight is 254 g/mol. The van der Waals surface area contributed by atoms with Gasteiger partial charge in [-0.25, -0.2) is 13.2 Å². The molecule has 6 heteroatoms. The molecule has 0 aliphatic rings. The Balaban J connectivity index is 2.58. The Morgan fingerprint density at radius 1 is 1.41 bits per heavy atom. The first-order valence-corrected chi connectivity index (χ1v) is 6.84. The number of furan rings is 1. The maximum Gasteiger partial charge on any atom is 0.335 e. The van der Waals surface area contributed by atoms with Crippen LogP contribution in [0, 0.1) is 0 Å². The van der Waals surface area contributed by atoms with Crippen molar-refractivity contribution in [3.8, 4) is 0 Å². The van der Waals surface area contributed by atoms with Crippen LogP contribution in [-0.2, 0) is 15.6 Å². The van der Waals surface area contributed by atoms with Gasteiger partial charge in [0.2, 0.25) is 0 Å². The van der Waals surface area contributed by atoms with Crippen LogP contribution in [0.2, 0.25) is 0 Å². The summed E-state index contributed by atoms with van der Waals surface area (Å²) < 4.78 is 27.6. The molecule has 0 atom stereocenters. The lowest BCUT2D eigenvalue weighted by molar-refractivity contribution is 0.0697. The minimum absolute atomic E-state index is 0.105. The summed E-state index contributed by atoms with van der Waals surface area (Å²) in [5, 5.41) is 9.38. The van der Waals surface area contributed by atoms with E-state index in [0.717, 1.165) is 6.26 Å². The fraction of sp³-hybridized carbons (Fsp3) is 0.182. The predicted molar refractivity (Wildman–Crippen MR) is 61.7 cm³/mol. The van der Waals surface area contributed by atoms with Crippen LogP contribution in [0.15, 0.2) is 28.9 Å². The number of benzene rings is 1. The van der Waals surface area contributed by atoms with Crippen LogP contribution in [0.5, 0.6) is 0 Å². The highest BCUT2D eigenvalue weighted by molar-refractivity contribution is 7.89. The van der Waals surface area contributed by atoms with Crippen LogP contribution in [0.4, 0.5) is 0 Å². The number of hydrogen-bond donors (Lipinski definition) is 1. The molecule has 2 rings (SSSR count). The van der Waals surface area contributed by atoms with E-state index in [9.17, 15) is 13.2 Å². The normalized spacial score (nSPS) is 11.8. The second kappa shape index (κ2) is 3.89. The Kier molecular flexibility index (Phi) is 2.66.